The maximum Gasteiger partial charge on any atom is 0.335 e. The Balaban J connectivity index is 1.76. The fraction of sp³-hybridized carbons (Fsp3) is 0.704. The summed E-state index contributed by atoms with van der Waals surface area (Å²) in [6.07, 6.45) is -0.163. The zero-order chi connectivity index (χ0) is 26.6. The van der Waals surface area contributed by atoms with E-state index in [4.69, 9.17) is 17.7 Å². The van der Waals surface area contributed by atoms with Crippen LogP contribution in [0.1, 0.15) is 82.5 Å². The van der Waals surface area contributed by atoms with E-state index in [0.29, 0.717) is 24.2 Å². The molecule has 0 N–H and O–H groups in total. The summed E-state index contributed by atoms with van der Waals surface area (Å²) in [7, 11) is -3.83. The molecule has 9 heteroatoms. The highest BCUT2D eigenvalue weighted by Crippen LogP contribution is 2.49. The molecule has 3 aliphatic rings. The van der Waals surface area contributed by atoms with E-state index in [0.717, 1.165) is 0 Å². The summed E-state index contributed by atoms with van der Waals surface area (Å²) in [6.45, 7) is 18.1. The highest BCUT2D eigenvalue weighted by atomic mass is 28.5. The van der Waals surface area contributed by atoms with Crippen LogP contribution in [0.2, 0.25) is 22.2 Å². The van der Waals surface area contributed by atoms with E-state index in [9.17, 15) is 9.59 Å². The molecule has 7 nitrogen and oxygen atoms in total. The number of amides is 2. The van der Waals surface area contributed by atoms with Crippen molar-refractivity contribution in [2.75, 3.05) is 13.7 Å². The van der Waals surface area contributed by atoms with E-state index in [1.165, 1.54) is 4.90 Å². The van der Waals surface area contributed by atoms with Gasteiger partial charge in [-0.3, -0.25) is 14.5 Å². The summed E-state index contributed by atoms with van der Waals surface area (Å²) < 4.78 is 27.5. The molecule has 1 aromatic rings. The van der Waals surface area contributed by atoms with Gasteiger partial charge in [-0.25, -0.2) is 0 Å². The van der Waals surface area contributed by atoms with Gasteiger partial charge in [-0.05, 0) is 40.7 Å². The molecule has 2 heterocycles. The van der Waals surface area contributed by atoms with Gasteiger partial charge in [0.1, 0.15) is 6.10 Å². The summed E-state index contributed by atoms with van der Waals surface area (Å²) in [5.74, 6) is -0.501. The lowest BCUT2D eigenvalue weighted by molar-refractivity contribution is -0.0473. The maximum absolute atomic E-state index is 13.4. The number of benzene rings is 1. The molecule has 2 aliphatic heterocycles. The van der Waals surface area contributed by atoms with Crippen molar-refractivity contribution in [3.8, 4) is 0 Å². The first-order valence-corrected chi connectivity index (χ1v) is 17.4. The van der Waals surface area contributed by atoms with E-state index in [-0.39, 0.29) is 46.0 Å². The van der Waals surface area contributed by atoms with Gasteiger partial charge in [-0.15, -0.1) is 0 Å². The van der Waals surface area contributed by atoms with Crippen LogP contribution in [0.4, 0.5) is 0 Å². The number of hydrogen-bond donors (Lipinski definition) is 0. The minimum Gasteiger partial charge on any atom is -0.414 e. The third-order valence-electron chi connectivity index (χ3n) is 8.52. The number of carbonyl (C=O) groups excluding carboxylic acids is 2. The monoisotopic (exact) mass is 533 g/mol. The van der Waals surface area contributed by atoms with Crippen LogP contribution in [0.15, 0.2) is 24.3 Å². The fourth-order valence-corrected chi connectivity index (χ4v) is 17.9. The quantitative estimate of drug-likeness (QED) is 0.348. The van der Waals surface area contributed by atoms with Crippen LogP contribution in [0.5, 0.6) is 0 Å². The number of rotatable bonds is 6. The van der Waals surface area contributed by atoms with Gasteiger partial charge in [0.05, 0.1) is 23.3 Å². The molecule has 0 unspecified atom stereocenters. The molecule has 0 aromatic heterocycles. The largest absolute Gasteiger partial charge is 0.414 e. The van der Waals surface area contributed by atoms with Gasteiger partial charge >= 0.3 is 17.1 Å². The number of ether oxygens (including phenoxy) is 1. The van der Waals surface area contributed by atoms with E-state index < -0.39 is 29.3 Å². The maximum atomic E-state index is 13.4. The van der Waals surface area contributed by atoms with Gasteiger partial charge in [0.2, 0.25) is 0 Å². The second-order valence-electron chi connectivity index (χ2n) is 11.8. The van der Waals surface area contributed by atoms with Gasteiger partial charge in [0.15, 0.2) is 0 Å². The molecule has 36 heavy (non-hydrogen) atoms. The molecule has 0 bridgehead atoms. The predicted molar refractivity (Wildman–Crippen MR) is 143 cm³/mol. The average molecular weight is 534 g/mol. The summed E-state index contributed by atoms with van der Waals surface area (Å²) in [5.41, 5.74) is 1.82. The highest BCUT2D eigenvalue weighted by Gasteiger charge is 2.62. The SMILES string of the molecule is CO[C@@H]1[C@@H]2O[Si](C(C)C)(C(C)C)O[Si](C(C)C)(C(C)C)OC[C@H]2C[C@H]1N1C(=O)c2ccccc2C1=O. The summed E-state index contributed by atoms with van der Waals surface area (Å²) >= 11 is 0. The molecule has 4 atom stereocenters. The second-order valence-corrected chi connectivity index (χ2v) is 20.7. The zero-order valence-electron chi connectivity index (χ0n) is 23.2. The van der Waals surface area contributed by atoms with Gasteiger partial charge in [0.25, 0.3) is 11.8 Å². The van der Waals surface area contributed by atoms with Gasteiger partial charge in [-0.1, -0.05) is 67.5 Å². The summed E-state index contributed by atoms with van der Waals surface area (Å²) in [6, 6.07) is 6.63. The second kappa shape index (κ2) is 10.1. The van der Waals surface area contributed by atoms with Crippen LogP contribution >= 0.6 is 0 Å². The van der Waals surface area contributed by atoms with Crippen LogP contribution in [-0.2, 0) is 17.7 Å². The smallest absolute Gasteiger partial charge is 0.335 e. The van der Waals surface area contributed by atoms with Crippen LogP contribution in [0.25, 0.3) is 0 Å². The topological polar surface area (TPSA) is 74.3 Å². The Bertz CT molecular complexity index is 945. The Kier molecular flexibility index (Phi) is 7.74. The molecule has 200 valence electrons. The van der Waals surface area contributed by atoms with E-state index >= 15 is 0 Å². The third-order valence-corrected chi connectivity index (χ3v) is 18.8. The van der Waals surface area contributed by atoms with Crippen molar-refractivity contribution in [2.24, 2.45) is 5.92 Å². The zero-order valence-corrected chi connectivity index (χ0v) is 25.2. The number of methoxy groups -OCH3 is 1. The van der Waals surface area contributed by atoms with Crippen LogP contribution < -0.4 is 0 Å². The summed E-state index contributed by atoms with van der Waals surface area (Å²) in [5, 5.41) is 0. The van der Waals surface area contributed by atoms with Crippen LogP contribution in [-0.4, -0.2) is 65.8 Å². The van der Waals surface area contributed by atoms with E-state index in [1.807, 2.05) is 0 Å². The molecule has 4 rings (SSSR count). The Morgan fingerprint density at radius 2 is 1.36 bits per heavy atom. The molecule has 1 aromatic carbocycles. The molecule has 0 spiro atoms. The minimum atomic E-state index is -2.82. The first-order valence-electron chi connectivity index (χ1n) is 13.4. The fourth-order valence-electron chi connectivity index (χ4n) is 6.61. The average Bonchev–Trinajstić information content (AvgIpc) is 3.26. The standard InChI is InChI=1S/C27H43NO6Si2/c1-16(2)35(17(3)4)32-15-20-14-23(28-26(29)21-12-10-11-13-22(21)27(28)30)25(31-9)24(20)33-36(34-35,18(5)6)19(7)8/h10-13,16-20,23-25H,14-15H2,1-9H3/t20-,23-,24-,25+/m1/s1. The van der Waals surface area contributed by atoms with Crippen molar-refractivity contribution in [2.45, 2.75) is 102 Å². The predicted octanol–water partition coefficient (Wildman–Crippen LogP) is 5.64. The lowest BCUT2D eigenvalue weighted by Gasteiger charge is -2.52. The number of imide groups is 1. The van der Waals surface area contributed by atoms with Crippen molar-refractivity contribution >= 4 is 28.9 Å². The molecule has 1 saturated heterocycles. The Morgan fingerprint density at radius 1 is 0.861 bits per heavy atom. The lowest BCUT2D eigenvalue weighted by Crippen LogP contribution is -2.65. The van der Waals surface area contributed by atoms with Gasteiger partial charge in [0, 0.05) is 19.6 Å². The van der Waals surface area contributed by atoms with Gasteiger partial charge < -0.3 is 17.7 Å². The molecule has 2 fully saturated rings. The minimum absolute atomic E-state index is 0.00177. The van der Waals surface area contributed by atoms with Gasteiger partial charge in [-0.2, -0.15) is 0 Å². The van der Waals surface area contributed by atoms with Crippen LogP contribution in [0.3, 0.4) is 0 Å². The van der Waals surface area contributed by atoms with E-state index in [2.05, 4.69) is 55.4 Å². The van der Waals surface area contributed by atoms with Crippen LogP contribution in [0, 0.1) is 5.92 Å². The number of nitrogens with zero attached hydrogens (tertiary/aromatic N) is 1. The Hall–Kier alpha value is -1.37. The Morgan fingerprint density at radius 3 is 1.81 bits per heavy atom. The number of hydrogen-bond acceptors (Lipinski definition) is 6. The third kappa shape index (κ3) is 4.16. The normalized spacial score (nSPS) is 29.8. The molecular weight excluding hydrogens is 490 g/mol. The van der Waals surface area contributed by atoms with Crippen molar-refractivity contribution < 1.29 is 27.3 Å². The Labute approximate surface area is 218 Å². The molecule has 0 radical (unpaired) electrons. The molecule has 1 aliphatic carbocycles. The molecule has 2 amide bonds. The highest BCUT2D eigenvalue weighted by molar-refractivity contribution is 6.84. The summed E-state index contributed by atoms with van der Waals surface area (Å²) in [4.78, 5) is 28.2. The van der Waals surface area contributed by atoms with Crippen molar-refractivity contribution in [1.29, 1.82) is 0 Å². The first kappa shape index (κ1) is 27.7. The molecule has 1 saturated carbocycles. The number of fused-ring (bicyclic) bond motifs is 2. The van der Waals surface area contributed by atoms with E-state index in [1.54, 1.807) is 31.4 Å². The lowest BCUT2D eigenvalue weighted by atomic mass is 10.1. The van der Waals surface area contributed by atoms with Crippen molar-refractivity contribution in [1.82, 2.24) is 4.90 Å². The van der Waals surface area contributed by atoms with Crippen molar-refractivity contribution in [3.63, 3.8) is 0 Å². The number of carbonyl (C=O) groups is 2. The van der Waals surface area contributed by atoms with Crippen molar-refractivity contribution in [3.05, 3.63) is 35.4 Å². The first-order chi connectivity index (χ1) is 16.9. The molecular formula is C27H43NO6Si2.